The number of ether oxygens (including phenoxy) is 2. The third-order valence-corrected chi connectivity index (χ3v) is 14.8. The van der Waals surface area contributed by atoms with Crippen LogP contribution in [0.2, 0.25) is 0 Å². The van der Waals surface area contributed by atoms with Crippen LogP contribution in [-0.2, 0) is 32.7 Å². The molecule has 10 heteroatoms. The van der Waals surface area contributed by atoms with E-state index in [1.54, 1.807) is 0 Å². The molecule has 0 rings (SSSR count). The van der Waals surface area contributed by atoms with E-state index in [1.165, 1.54) is 103 Å². The predicted molar refractivity (Wildman–Crippen MR) is 362 cm³/mol. The van der Waals surface area contributed by atoms with Crippen LogP contribution in [0.25, 0.3) is 0 Å². The van der Waals surface area contributed by atoms with Gasteiger partial charge in [-0.3, -0.25) is 18.6 Å². The number of hydrogen-bond donors (Lipinski definition) is 1. The molecule has 2 unspecified atom stereocenters. The quantitative estimate of drug-likeness (QED) is 0.0211. The lowest BCUT2D eigenvalue weighted by Gasteiger charge is -2.24. The van der Waals surface area contributed by atoms with Crippen LogP contribution in [0.1, 0.15) is 258 Å². The van der Waals surface area contributed by atoms with Gasteiger partial charge in [0.05, 0.1) is 27.7 Å². The molecular formula is C74H125NO8P+. The highest BCUT2D eigenvalue weighted by atomic mass is 31.2. The minimum Gasteiger partial charge on any atom is -0.462 e. The molecule has 0 spiro atoms. The van der Waals surface area contributed by atoms with Crippen LogP contribution in [0, 0.1) is 0 Å². The zero-order valence-electron chi connectivity index (χ0n) is 54.3. The first-order valence-electron chi connectivity index (χ1n) is 33.6. The summed E-state index contributed by atoms with van der Waals surface area (Å²) in [5.41, 5.74) is 0. The number of likely N-dealkylation sites (N-methyl/N-ethyl adjacent to an activating group) is 1. The van der Waals surface area contributed by atoms with Gasteiger partial charge >= 0.3 is 19.8 Å². The van der Waals surface area contributed by atoms with Crippen LogP contribution in [0.5, 0.6) is 0 Å². The molecule has 0 bridgehead atoms. The molecule has 0 aromatic heterocycles. The van der Waals surface area contributed by atoms with Crippen molar-refractivity contribution in [1.82, 2.24) is 0 Å². The third kappa shape index (κ3) is 67.0. The molecule has 0 fully saturated rings. The molecule has 0 aliphatic carbocycles. The summed E-state index contributed by atoms with van der Waals surface area (Å²) < 4.78 is 34.6. The summed E-state index contributed by atoms with van der Waals surface area (Å²) >= 11 is 0. The highest BCUT2D eigenvalue weighted by molar-refractivity contribution is 7.47. The minimum atomic E-state index is -4.40. The van der Waals surface area contributed by atoms with Gasteiger partial charge in [0.25, 0.3) is 0 Å². The first-order chi connectivity index (χ1) is 41.0. The second-order valence-electron chi connectivity index (χ2n) is 23.1. The van der Waals surface area contributed by atoms with E-state index in [4.69, 9.17) is 18.5 Å². The maximum atomic E-state index is 12.9. The molecule has 0 amide bonds. The Morgan fingerprint density at radius 3 is 1.01 bits per heavy atom. The summed E-state index contributed by atoms with van der Waals surface area (Å²) in [7, 11) is 1.46. The van der Waals surface area contributed by atoms with Crippen molar-refractivity contribution in [3.63, 3.8) is 0 Å². The molecule has 0 aliphatic heterocycles. The van der Waals surface area contributed by atoms with E-state index in [0.29, 0.717) is 17.4 Å². The van der Waals surface area contributed by atoms with Gasteiger partial charge < -0.3 is 18.9 Å². The average Bonchev–Trinajstić information content (AvgIpc) is 3.61. The van der Waals surface area contributed by atoms with Gasteiger partial charge in [-0.05, 0) is 122 Å². The summed E-state index contributed by atoms with van der Waals surface area (Å²) in [5, 5.41) is 0. The number of unbranched alkanes of at least 4 members (excludes halogenated alkanes) is 22. The number of phosphoric ester groups is 1. The van der Waals surface area contributed by atoms with Crippen molar-refractivity contribution >= 4 is 19.8 Å². The SMILES string of the molecule is CC/C=C\C/C=C\C/C=C\C/C=C\C/C=C\C/C=C\C/C=C\C/C=C\C/C=C\CCCCCCCCCCCCCCCC(=O)OC(COC(=O)CCCCCCCC/C=C\C/C=C\C/C=C\CCCCC)COP(=O)(O)OCC[N+](C)(C)C. The Hall–Kier alpha value is -4.11. The molecule has 0 aromatic rings. The van der Waals surface area contributed by atoms with E-state index >= 15 is 0 Å². The number of quaternary nitrogens is 1. The van der Waals surface area contributed by atoms with E-state index in [1.807, 2.05) is 21.1 Å². The van der Waals surface area contributed by atoms with E-state index in [2.05, 4.69) is 160 Å². The van der Waals surface area contributed by atoms with Crippen molar-refractivity contribution in [2.75, 3.05) is 47.5 Å². The lowest BCUT2D eigenvalue weighted by atomic mass is 10.0. The molecule has 0 aliphatic rings. The molecule has 0 heterocycles. The third-order valence-electron chi connectivity index (χ3n) is 13.9. The van der Waals surface area contributed by atoms with Crippen molar-refractivity contribution < 1.29 is 42.1 Å². The Morgan fingerprint density at radius 1 is 0.381 bits per heavy atom. The average molecular weight is 1190 g/mol. The first-order valence-corrected chi connectivity index (χ1v) is 35.1. The second-order valence-corrected chi connectivity index (χ2v) is 24.6. The summed E-state index contributed by atoms with van der Waals surface area (Å²) in [6.07, 6.45) is 93.7. The Kier molecular flexibility index (Phi) is 60.3. The van der Waals surface area contributed by atoms with Crippen molar-refractivity contribution in [2.45, 2.75) is 264 Å². The number of carbonyl (C=O) groups excluding carboxylic acids is 2. The molecular weight excluding hydrogens is 1060 g/mol. The fourth-order valence-corrected chi connectivity index (χ4v) is 9.46. The highest BCUT2D eigenvalue weighted by Crippen LogP contribution is 2.43. The Balaban J connectivity index is 4.07. The van der Waals surface area contributed by atoms with Crippen molar-refractivity contribution in [3.8, 4) is 0 Å². The first kappa shape index (κ1) is 79.9. The summed E-state index contributed by atoms with van der Waals surface area (Å²) in [6.45, 7) is 4.27. The monoisotopic (exact) mass is 1190 g/mol. The van der Waals surface area contributed by atoms with E-state index in [-0.39, 0.29) is 32.0 Å². The van der Waals surface area contributed by atoms with Crippen LogP contribution in [0.3, 0.4) is 0 Å². The summed E-state index contributed by atoms with van der Waals surface area (Å²) in [4.78, 5) is 35.8. The van der Waals surface area contributed by atoms with Crippen LogP contribution in [0.4, 0.5) is 0 Å². The van der Waals surface area contributed by atoms with Gasteiger partial charge in [0, 0.05) is 12.8 Å². The van der Waals surface area contributed by atoms with Crippen molar-refractivity contribution in [1.29, 1.82) is 0 Å². The number of nitrogens with zero attached hydrogens (tertiary/aromatic N) is 1. The molecule has 478 valence electrons. The van der Waals surface area contributed by atoms with Gasteiger partial charge in [-0.25, -0.2) is 4.57 Å². The Bertz CT molecular complexity index is 1930. The number of hydrogen-bond acceptors (Lipinski definition) is 7. The summed E-state index contributed by atoms with van der Waals surface area (Å²) in [6, 6.07) is 0. The number of rotatable bonds is 60. The van der Waals surface area contributed by atoms with Crippen LogP contribution >= 0.6 is 7.82 Å². The van der Waals surface area contributed by atoms with Crippen molar-refractivity contribution in [2.24, 2.45) is 0 Å². The molecule has 0 aromatic carbocycles. The zero-order valence-corrected chi connectivity index (χ0v) is 55.2. The van der Waals surface area contributed by atoms with Gasteiger partial charge in [0.1, 0.15) is 19.8 Å². The molecule has 0 saturated heterocycles. The minimum absolute atomic E-state index is 0.0231. The molecule has 2 atom stereocenters. The van der Waals surface area contributed by atoms with Crippen LogP contribution in [0.15, 0.2) is 146 Å². The topological polar surface area (TPSA) is 108 Å². The maximum absolute atomic E-state index is 12.9. The lowest BCUT2D eigenvalue weighted by Crippen LogP contribution is -2.37. The van der Waals surface area contributed by atoms with Gasteiger partial charge in [-0.1, -0.05) is 269 Å². The fourth-order valence-electron chi connectivity index (χ4n) is 8.72. The van der Waals surface area contributed by atoms with Gasteiger partial charge in [-0.15, -0.1) is 0 Å². The molecule has 9 nitrogen and oxygen atoms in total. The van der Waals surface area contributed by atoms with Crippen LogP contribution in [-0.4, -0.2) is 74.9 Å². The summed E-state index contributed by atoms with van der Waals surface area (Å²) in [5.74, 6) is -0.818. The number of phosphoric acid groups is 1. The second kappa shape index (κ2) is 63.4. The molecule has 1 N–H and O–H groups in total. The Labute approximate surface area is 516 Å². The largest absolute Gasteiger partial charge is 0.472 e. The normalized spacial score (nSPS) is 14.1. The van der Waals surface area contributed by atoms with Gasteiger partial charge in [0.15, 0.2) is 6.10 Å². The molecule has 84 heavy (non-hydrogen) atoms. The van der Waals surface area contributed by atoms with Gasteiger partial charge in [-0.2, -0.15) is 0 Å². The lowest BCUT2D eigenvalue weighted by molar-refractivity contribution is -0.870. The molecule has 0 radical (unpaired) electrons. The number of esters is 2. The number of allylic oxidation sites excluding steroid dienone is 24. The maximum Gasteiger partial charge on any atom is 0.472 e. The highest BCUT2D eigenvalue weighted by Gasteiger charge is 2.27. The van der Waals surface area contributed by atoms with Gasteiger partial charge in [0.2, 0.25) is 0 Å². The van der Waals surface area contributed by atoms with Crippen LogP contribution < -0.4 is 0 Å². The van der Waals surface area contributed by atoms with E-state index in [0.717, 1.165) is 122 Å². The van der Waals surface area contributed by atoms with E-state index in [9.17, 15) is 19.0 Å². The zero-order chi connectivity index (χ0) is 61.2. The van der Waals surface area contributed by atoms with Crippen molar-refractivity contribution in [3.05, 3.63) is 146 Å². The standard InChI is InChI=1S/C74H124NO8P/c1-6-8-10-12-14-16-18-20-22-24-26-27-28-29-30-31-32-33-34-35-36-37-38-39-40-41-42-43-44-45-46-47-49-51-53-55-57-59-61-63-65-67-74(77)83-72(71-82-84(78,79)81-69-68-75(3,4)5)70-80-73(76)66-64-62-60-58-56-54-52-50-48-25-23-21-19-17-15-13-11-9-7-2/h8,10,14-17,20-23,26-27,29-30,32-33,35-36,38-39,41-42,48,50,72H,6-7,9,11-13,18-19,24-25,28,31,34,37,40,43-47,49,51-71H2,1-5H3/p+1/b10-8-,16-14-,17-15-,22-20-,23-21-,27-26-,30-29-,33-32-,36-35-,39-38-,42-41-,50-48-. The number of carbonyl (C=O) groups is 2. The molecule has 0 saturated carbocycles. The Morgan fingerprint density at radius 2 is 0.679 bits per heavy atom. The smallest absolute Gasteiger partial charge is 0.462 e. The fraction of sp³-hybridized carbons (Fsp3) is 0.649. The van der Waals surface area contributed by atoms with E-state index < -0.39 is 26.5 Å². The predicted octanol–water partition coefficient (Wildman–Crippen LogP) is 21.8.